The van der Waals surface area contributed by atoms with Gasteiger partial charge in [-0.15, -0.1) is 22.7 Å². The normalized spacial score (nSPS) is 12.0. The Morgan fingerprint density at radius 1 is 1.19 bits per heavy atom. The number of nitrogens with one attached hydrogen (secondary N) is 1. The van der Waals surface area contributed by atoms with Gasteiger partial charge in [0.25, 0.3) is 10.0 Å². The summed E-state index contributed by atoms with van der Waals surface area (Å²) in [5.41, 5.74) is 1.31. The van der Waals surface area contributed by atoms with E-state index in [-0.39, 0.29) is 4.21 Å². The molecule has 0 bridgehead atoms. The molecule has 0 fully saturated rings. The average Bonchev–Trinajstić information content (AvgIpc) is 2.91. The summed E-state index contributed by atoms with van der Waals surface area (Å²) in [4.78, 5) is 4.37. The fourth-order valence-corrected chi connectivity index (χ4v) is 6.45. The summed E-state index contributed by atoms with van der Waals surface area (Å²) in [5.74, 6) is 0. The third-order valence-electron chi connectivity index (χ3n) is 2.63. The number of halogens is 2. The second kappa shape index (κ2) is 5.62. The van der Waals surface area contributed by atoms with Gasteiger partial charge in [0.1, 0.15) is 4.21 Å². The van der Waals surface area contributed by atoms with E-state index in [1.807, 2.05) is 13.0 Å². The Balaban J connectivity index is 1.96. The molecule has 0 atom stereocenters. The van der Waals surface area contributed by atoms with Gasteiger partial charge in [0.05, 0.1) is 24.7 Å². The second-order valence-electron chi connectivity index (χ2n) is 4.21. The van der Waals surface area contributed by atoms with Crippen LogP contribution in [0.3, 0.4) is 0 Å². The lowest BCUT2D eigenvalue weighted by molar-refractivity contribution is 0.603. The van der Waals surface area contributed by atoms with E-state index in [4.69, 9.17) is 0 Å². The topological polar surface area (TPSA) is 59.1 Å². The quantitative estimate of drug-likeness (QED) is 0.590. The molecule has 110 valence electrons. The maximum Gasteiger partial charge on any atom is 0.271 e. The van der Waals surface area contributed by atoms with Crippen LogP contribution in [0.5, 0.6) is 0 Å². The molecule has 0 aliphatic heterocycles. The predicted octanol–water partition coefficient (Wildman–Crippen LogP) is 4.99. The van der Waals surface area contributed by atoms with Crippen LogP contribution < -0.4 is 4.72 Å². The van der Waals surface area contributed by atoms with E-state index in [1.165, 1.54) is 0 Å². The van der Waals surface area contributed by atoms with Crippen LogP contribution in [-0.4, -0.2) is 13.4 Å². The van der Waals surface area contributed by atoms with Gasteiger partial charge in [0.15, 0.2) is 0 Å². The molecule has 0 saturated heterocycles. The molecule has 2 heterocycles. The number of rotatable bonds is 3. The summed E-state index contributed by atoms with van der Waals surface area (Å²) in [5, 5.41) is 0.955. The molecule has 0 unspecified atom stereocenters. The molecule has 3 aromatic rings. The molecule has 0 aliphatic carbocycles. The van der Waals surface area contributed by atoms with Crippen molar-refractivity contribution < 1.29 is 8.42 Å². The van der Waals surface area contributed by atoms with Gasteiger partial charge in [-0.1, -0.05) is 0 Å². The van der Waals surface area contributed by atoms with E-state index in [1.54, 1.807) is 29.5 Å². The number of aromatic nitrogens is 1. The van der Waals surface area contributed by atoms with Crippen LogP contribution in [0.25, 0.3) is 10.2 Å². The maximum atomic E-state index is 12.3. The summed E-state index contributed by atoms with van der Waals surface area (Å²) in [6.45, 7) is 1.93. The van der Waals surface area contributed by atoms with E-state index in [9.17, 15) is 8.42 Å². The highest BCUT2D eigenvalue weighted by atomic mass is 79.9. The summed E-state index contributed by atoms with van der Waals surface area (Å²) in [7, 11) is -3.59. The van der Waals surface area contributed by atoms with Gasteiger partial charge < -0.3 is 0 Å². The first-order valence-corrected chi connectivity index (χ1v) is 10.4. The zero-order valence-electron chi connectivity index (χ0n) is 10.6. The largest absolute Gasteiger partial charge is 0.279 e. The second-order valence-corrected chi connectivity index (χ2v) is 10.6. The van der Waals surface area contributed by atoms with Gasteiger partial charge in [0.2, 0.25) is 0 Å². The third-order valence-corrected chi connectivity index (χ3v) is 8.70. The fraction of sp³-hybridized carbons (Fsp3) is 0.0833. The van der Waals surface area contributed by atoms with Gasteiger partial charge in [-0.2, -0.15) is 0 Å². The molecule has 1 aromatic carbocycles. The van der Waals surface area contributed by atoms with Crippen molar-refractivity contribution in [1.82, 2.24) is 4.98 Å². The molecule has 0 spiro atoms. The standard InChI is InChI=1S/C12H8Br2N2O2S3/c1-6-15-9-4-7(2-3-10(9)19-6)16-21(17,18)11-5-8(13)12(14)20-11/h2-5,16H,1H3. The van der Waals surface area contributed by atoms with Crippen molar-refractivity contribution in [2.24, 2.45) is 0 Å². The summed E-state index contributed by atoms with van der Waals surface area (Å²) < 4.78 is 30.0. The van der Waals surface area contributed by atoms with Crippen LogP contribution in [0.15, 0.2) is 36.7 Å². The first-order chi connectivity index (χ1) is 9.85. The smallest absolute Gasteiger partial charge is 0.271 e. The number of thiophene rings is 1. The van der Waals surface area contributed by atoms with Crippen LogP contribution in [0.2, 0.25) is 0 Å². The Labute approximate surface area is 146 Å². The Morgan fingerprint density at radius 2 is 1.95 bits per heavy atom. The van der Waals surface area contributed by atoms with E-state index in [0.717, 1.165) is 34.8 Å². The Hall–Kier alpha value is -0.480. The number of nitrogens with zero attached hydrogens (tertiary/aromatic N) is 1. The molecule has 0 saturated carbocycles. The minimum Gasteiger partial charge on any atom is -0.279 e. The summed E-state index contributed by atoms with van der Waals surface area (Å²) >= 11 is 9.33. The third kappa shape index (κ3) is 3.16. The number of thiazole rings is 1. The highest BCUT2D eigenvalue weighted by molar-refractivity contribution is 9.13. The van der Waals surface area contributed by atoms with E-state index in [0.29, 0.717) is 5.69 Å². The fourth-order valence-electron chi connectivity index (χ4n) is 1.77. The zero-order chi connectivity index (χ0) is 15.2. The van der Waals surface area contributed by atoms with Gasteiger partial charge in [0, 0.05) is 4.47 Å². The number of hydrogen-bond acceptors (Lipinski definition) is 5. The van der Waals surface area contributed by atoms with Crippen molar-refractivity contribution >= 4 is 80.5 Å². The number of anilines is 1. The Morgan fingerprint density at radius 3 is 2.62 bits per heavy atom. The van der Waals surface area contributed by atoms with Crippen molar-refractivity contribution in [3.05, 3.63) is 37.5 Å². The minimum absolute atomic E-state index is 0.246. The van der Waals surface area contributed by atoms with Crippen molar-refractivity contribution in [1.29, 1.82) is 0 Å². The van der Waals surface area contributed by atoms with Crippen molar-refractivity contribution in [3.8, 4) is 0 Å². The van der Waals surface area contributed by atoms with Crippen LogP contribution in [0.1, 0.15) is 5.01 Å². The molecule has 1 N–H and O–H groups in total. The molecular weight excluding hydrogens is 460 g/mol. The zero-order valence-corrected chi connectivity index (χ0v) is 16.2. The maximum absolute atomic E-state index is 12.3. The lowest BCUT2D eigenvalue weighted by Crippen LogP contribution is -2.11. The molecule has 0 amide bonds. The molecule has 21 heavy (non-hydrogen) atoms. The Bertz CT molecular complexity index is 912. The first-order valence-electron chi connectivity index (χ1n) is 5.70. The lowest BCUT2D eigenvalue weighted by atomic mass is 10.3. The Kier molecular flexibility index (Phi) is 4.12. The highest BCUT2D eigenvalue weighted by Gasteiger charge is 2.19. The van der Waals surface area contributed by atoms with Crippen molar-refractivity contribution in [2.75, 3.05) is 4.72 Å². The average molecular weight is 468 g/mol. The molecule has 0 aliphatic rings. The molecule has 2 aromatic heterocycles. The number of aryl methyl sites for hydroxylation is 1. The molecule has 3 rings (SSSR count). The van der Waals surface area contributed by atoms with Gasteiger partial charge in [-0.25, -0.2) is 13.4 Å². The molecule has 0 radical (unpaired) electrons. The predicted molar refractivity (Wildman–Crippen MR) is 94.9 cm³/mol. The number of sulfonamides is 1. The summed E-state index contributed by atoms with van der Waals surface area (Å²) in [6.07, 6.45) is 0. The molecule has 9 heteroatoms. The molecular formula is C12H8Br2N2O2S3. The van der Waals surface area contributed by atoms with E-state index < -0.39 is 10.0 Å². The van der Waals surface area contributed by atoms with Crippen LogP contribution in [0.4, 0.5) is 5.69 Å². The van der Waals surface area contributed by atoms with E-state index in [2.05, 4.69) is 41.6 Å². The minimum atomic E-state index is -3.59. The van der Waals surface area contributed by atoms with Crippen LogP contribution >= 0.6 is 54.5 Å². The first kappa shape index (κ1) is 15.4. The van der Waals surface area contributed by atoms with Gasteiger partial charge >= 0.3 is 0 Å². The highest BCUT2D eigenvalue weighted by Crippen LogP contribution is 2.35. The number of hydrogen-bond donors (Lipinski definition) is 1. The van der Waals surface area contributed by atoms with Gasteiger partial charge in [-0.3, -0.25) is 4.72 Å². The van der Waals surface area contributed by atoms with E-state index >= 15 is 0 Å². The van der Waals surface area contributed by atoms with Crippen LogP contribution in [-0.2, 0) is 10.0 Å². The van der Waals surface area contributed by atoms with Gasteiger partial charge in [-0.05, 0) is 63.0 Å². The molecule has 4 nitrogen and oxygen atoms in total. The summed E-state index contributed by atoms with van der Waals surface area (Å²) in [6, 6.07) is 6.93. The number of benzene rings is 1. The lowest BCUT2D eigenvalue weighted by Gasteiger charge is -2.05. The number of fused-ring (bicyclic) bond motifs is 1. The van der Waals surface area contributed by atoms with Crippen LogP contribution in [0, 0.1) is 6.92 Å². The van der Waals surface area contributed by atoms with Crippen molar-refractivity contribution in [2.45, 2.75) is 11.1 Å². The SMILES string of the molecule is Cc1nc2cc(NS(=O)(=O)c3cc(Br)c(Br)s3)ccc2s1. The monoisotopic (exact) mass is 466 g/mol. The van der Waals surface area contributed by atoms with Crippen molar-refractivity contribution in [3.63, 3.8) is 0 Å².